The number of nitrogens with zero attached hydrogens (tertiary/aromatic N) is 10. The summed E-state index contributed by atoms with van der Waals surface area (Å²) in [5, 5.41) is 44.8. The van der Waals surface area contributed by atoms with Crippen LogP contribution in [0.2, 0.25) is 0 Å². The zero-order valence-corrected chi connectivity index (χ0v) is 31.1. The number of imidazole rings is 1. The molecule has 6 aromatic rings. The number of fused-ring (bicyclic) bond motifs is 1. The first-order valence-electron chi connectivity index (χ1n) is 18.4. The second kappa shape index (κ2) is 16.8. The van der Waals surface area contributed by atoms with Gasteiger partial charge in [-0.05, 0) is 41.3 Å². The van der Waals surface area contributed by atoms with Crippen molar-refractivity contribution in [3.8, 4) is 0 Å². The summed E-state index contributed by atoms with van der Waals surface area (Å²) in [6, 6.07) is 24.7. The van der Waals surface area contributed by atoms with E-state index in [1.165, 1.54) is 4.80 Å². The van der Waals surface area contributed by atoms with Gasteiger partial charge < -0.3 is 35.6 Å². The lowest BCUT2D eigenvalue weighted by Gasteiger charge is -2.22. The number of pyridine rings is 1. The van der Waals surface area contributed by atoms with E-state index >= 15 is 0 Å². The van der Waals surface area contributed by atoms with Gasteiger partial charge in [0.25, 0.3) is 0 Å². The van der Waals surface area contributed by atoms with Gasteiger partial charge in [-0.2, -0.15) is 14.8 Å². The van der Waals surface area contributed by atoms with E-state index in [2.05, 4.69) is 60.6 Å². The molecule has 55 heavy (non-hydrogen) atoms. The van der Waals surface area contributed by atoms with Crippen LogP contribution in [0.1, 0.15) is 60.4 Å². The van der Waals surface area contributed by atoms with Crippen LogP contribution in [-0.4, -0.2) is 98.8 Å². The quantitative estimate of drug-likeness (QED) is 0.122. The molecular formula is C38H44ClN13O3. The molecule has 2 aliphatic rings. The molecule has 1 unspecified atom stereocenters. The molecule has 1 saturated carbocycles. The molecule has 0 bridgehead atoms. The van der Waals surface area contributed by atoms with Crippen LogP contribution < -0.4 is 20.9 Å². The van der Waals surface area contributed by atoms with E-state index in [0.29, 0.717) is 74.2 Å². The minimum atomic E-state index is -1.14. The van der Waals surface area contributed by atoms with Crippen LogP contribution in [0.25, 0.3) is 11.2 Å². The second-order valence-electron chi connectivity index (χ2n) is 13.8. The lowest BCUT2D eigenvalue weighted by atomic mass is 9.91. The van der Waals surface area contributed by atoms with Crippen molar-refractivity contribution < 1.29 is 15.0 Å². The number of anilines is 2. The molecule has 16 nitrogen and oxygen atoms in total. The van der Waals surface area contributed by atoms with Gasteiger partial charge >= 0.3 is 6.03 Å². The maximum atomic E-state index is 12.8. The first-order chi connectivity index (χ1) is 26.4. The SMILES string of the molecule is CCc1nnn([C@H]2C[C@@H](n3cnc4c(NCC(c5ccccc5)c5ccccc5)nc(N5CCC(NC(=O)NCc6ccccn6)C5)nc43)[C@H](O)[C@@H]2O)n1.Cl. The van der Waals surface area contributed by atoms with Crippen molar-refractivity contribution in [3.05, 3.63) is 114 Å². The maximum absolute atomic E-state index is 12.8. The number of hydrogen-bond donors (Lipinski definition) is 5. The van der Waals surface area contributed by atoms with Crippen molar-refractivity contribution in [1.29, 1.82) is 0 Å². The van der Waals surface area contributed by atoms with Gasteiger partial charge in [-0.3, -0.25) is 4.98 Å². The number of carbonyl (C=O) groups is 1. The summed E-state index contributed by atoms with van der Waals surface area (Å²) in [6.45, 7) is 3.90. The van der Waals surface area contributed by atoms with Crippen molar-refractivity contribution in [2.75, 3.05) is 29.9 Å². The van der Waals surface area contributed by atoms with Gasteiger partial charge in [0.05, 0.1) is 24.6 Å². The summed E-state index contributed by atoms with van der Waals surface area (Å²) < 4.78 is 1.82. The van der Waals surface area contributed by atoms with E-state index in [1.54, 1.807) is 12.5 Å². The number of aliphatic hydroxyl groups excluding tert-OH is 2. The molecule has 17 heteroatoms. The molecule has 2 amide bonds. The Bertz CT molecular complexity index is 2130. The smallest absolute Gasteiger partial charge is 0.315 e. The number of aliphatic hydroxyl groups is 2. The van der Waals surface area contributed by atoms with E-state index < -0.39 is 24.3 Å². The summed E-state index contributed by atoms with van der Waals surface area (Å²) in [4.78, 5) is 35.4. The lowest BCUT2D eigenvalue weighted by Crippen LogP contribution is -2.43. The predicted octanol–water partition coefficient (Wildman–Crippen LogP) is 3.42. The monoisotopic (exact) mass is 765 g/mol. The van der Waals surface area contributed by atoms with E-state index in [9.17, 15) is 15.0 Å². The van der Waals surface area contributed by atoms with Crippen molar-refractivity contribution in [1.82, 2.24) is 55.3 Å². The highest BCUT2D eigenvalue weighted by atomic mass is 35.5. The second-order valence-corrected chi connectivity index (χ2v) is 13.8. The number of benzene rings is 2. The molecule has 1 saturated heterocycles. The molecule has 8 rings (SSSR count). The highest BCUT2D eigenvalue weighted by molar-refractivity contribution is 5.85. The predicted molar refractivity (Wildman–Crippen MR) is 208 cm³/mol. The molecule has 5 N–H and O–H groups in total. The number of rotatable bonds is 12. The number of halogens is 1. The molecule has 0 radical (unpaired) electrons. The lowest BCUT2D eigenvalue weighted by molar-refractivity contribution is 0.00473. The Kier molecular flexibility index (Phi) is 11.5. The molecule has 1 aliphatic heterocycles. The zero-order valence-electron chi connectivity index (χ0n) is 30.3. The van der Waals surface area contributed by atoms with Crippen LogP contribution in [-0.2, 0) is 13.0 Å². The van der Waals surface area contributed by atoms with Gasteiger partial charge in [-0.15, -0.1) is 22.6 Å². The largest absolute Gasteiger partial charge is 0.388 e. The summed E-state index contributed by atoms with van der Waals surface area (Å²) in [5.74, 6) is 1.60. The Labute approximate surface area is 323 Å². The van der Waals surface area contributed by atoms with Crippen molar-refractivity contribution >= 4 is 41.4 Å². The van der Waals surface area contributed by atoms with Crippen LogP contribution in [0.3, 0.4) is 0 Å². The van der Waals surface area contributed by atoms with Crippen molar-refractivity contribution in [3.63, 3.8) is 0 Å². The molecule has 0 spiro atoms. The number of urea groups is 1. The number of carbonyl (C=O) groups excluding carboxylic acids is 1. The van der Waals surface area contributed by atoms with Crippen LogP contribution >= 0.6 is 12.4 Å². The van der Waals surface area contributed by atoms with Gasteiger partial charge in [-0.1, -0.05) is 73.7 Å². The van der Waals surface area contributed by atoms with Gasteiger partial charge in [0, 0.05) is 44.2 Å². The minimum absolute atomic E-state index is 0. The zero-order chi connectivity index (χ0) is 37.0. The molecule has 4 aromatic heterocycles. The van der Waals surface area contributed by atoms with E-state index in [0.717, 1.165) is 16.8 Å². The molecule has 2 aromatic carbocycles. The summed E-state index contributed by atoms with van der Waals surface area (Å²) in [7, 11) is 0. The summed E-state index contributed by atoms with van der Waals surface area (Å²) in [6.07, 6.45) is 2.72. The van der Waals surface area contributed by atoms with Gasteiger partial charge in [-0.25, -0.2) is 9.78 Å². The topological polar surface area (TPSA) is 197 Å². The number of aryl methyl sites for hydroxylation is 1. The normalized spacial score (nSPS) is 20.8. The van der Waals surface area contributed by atoms with Crippen LogP contribution in [0, 0.1) is 0 Å². The highest BCUT2D eigenvalue weighted by Gasteiger charge is 2.45. The van der Waals surface area contributed by atoms with Crippen LogP contribution in [0.5, 0.6) is 0 Å². The first-order valence-corrected chi connectivity index (χ1v) is 18.4. The standard InChI is InChI=1S/C38H43N13O3.ClH/c1-2-31-46-48-51(47-31)30-19-29(33(52)34(30)53)50-23-42-32-35(40-21-28(24-11-5-3-6-12-24)25-13-7-4-8-14-25)44-37(45-36(32)50)49-18-16-27(22-49)43-38(54)41-20-26-15-9-10-17-39-26;/h3-15,17,23,27-30,33-34,52-53H,2,16,18-22H2,1H3,(H,40,44,45)(H2,41,43,54);1H/t27?,29-,30+,33+,34-;/m1./s1. The van der Waals surface area contributed by atoms with Crippen LogP contribution in [0.4, 0.5) is 16.6 Å². The number of tetrazole rings is 1. The molecule has 2 fully saturated rings. The number of hydrogen-bond acceptors (Lipinski definition) is 12. The Balaban J connectivity index is 0.00000465. The fraction of sp³-hybridized carbons (Fsp3) is 0.368. The van der Waals surface area contributed by atoms with Gasteiger partial charge in [0.2, 0.25) is 5.95 Å². The third-order valence-corrected chi connectivity index (χ3v) is 10.3. The third kappa shape index (κ3) is 8.06. The Hall–Kier alpha value is -5.71. The average Bonchev–Trinajstić information content (AvgIpc) is 4.03. The summed E-state index contributed by atoms with van der Waals surface area (Å²) in [5.41, 5.74) is 4.14. The number of aromatic nitrogens is 9. The van der Waals surface area contributed by atoms with Gasteiger partial charge in [0.15, 0.2) is 22.8 Å². The third-order valence-electron chi connectivity index (χ3n) is 10.3. The molecule has 5 heterocycles. The number of nitrogens with one attached hydrogen (secondary N) is 3. The highest BCUT2D eigenvalue weighted by Crippen LogP contribution is 2.40. The Morgan fingerprint density at radius 2 is 1.65 bits per heavy atom. The molecule has 286 valence electrons. The van der Waals surface area contributed by atoms with E-state index in [-0.39, 0.29) is 30.4 Å². The van der Waals surface area contributed by atoms with Crippen LogP contribution in [0.15, 0.2) is 91.4 Å². The first kappa shape index (κ1) is 37.6. The van der Waals surface area contributed by atoms with Crippen molar-refractivity contribution in [2.24, 2.45) is 0 Å². The molecule has 1 aliphatic carbocycles. The Morgan fingerprint density at radius 3 is 2.35 bits per heavy atom. The summed E-state index contributed by atoms with van der Waals surface area (Å²) >= 11 is 0. The fourth-order valence-electron chi connectivity index (χ4n) is 7.41. The van der Waals surface area contributed by atoms with E-state index in [4.69, 9.17) is 15.0 Å². The molecule has 5 atom stereocenters. The minimum Gasteiger partial charge on any atom is -0.388 e. The fourth-order valence-corrected chi connectivity index (χ4v) is 7.41. The Morgan fingerprint density at radius 1 is 0.927 bits per heavy atom. The molecular weight excluding hydrogens is 722 g/mol. The van der Waals surface area contributed by atoms with Crippen molar-refractivity contribution in [2.45, 2.75) is 69.0 Å². The van der Waals surface area contributed by atoms with Gasteiger partial charge in [0.1, 0.15) is 18.2 Å². The number of amides is 2. The maximum Gasteiger partial charge on any atom is 0.315 e. The van der Waals surface area contributed by atoms with E-state index in [1.807, 2.05) is 71.0 Å². The average molecular weight is 766 g/mol.